The number of benzene rings is 2. The minimum absolute atomic E-state index is 0.0627. The maximum Gasteiger partial charge on any atom is 0.184 e. The molecule has 2 aliphatic heterocycles. The molecule has 1 atom stereocenters. The maximum absolute atomic E-state index is 15.3. The molecule has 0 unspecified atom stereocenters. The fourth-order valence-corrected chi connectivity index (χ4v) is 4.97. The van der Waals surface area contributed by atoms with Crippen LogP contribution in [0.4, 0.5) is 20.2 Å². The Morgan fingerprint density at radius 2 is 1.74 bits per heavy atom. The van der Waals surface area contributed by atoms with E-state index in [1.54, 1.807) is 12.3 Å². The molecule has 0 amide bonds. The predicted molar refractivity (Wildman–Crippen MR) is 139 cm³/mol. The van der Waals surface area contributed by atoms with E-state index in [4.69, 9.17) is 18.0 Å². The summed E-state index contributed by atoms with van der Waals surface area (Å²) in [7, 11) is 4.17. The maximum atomic E-state index is 15.3. The third-order valence-corrected chi connectivity index (χ3v) is 6.98. The van der Waals surface area contributed by atoms with Crippen LogP contribution in [-0.4, -0.2) is 62.5 Å². The molecule has 2 saturated heterocycles. The van der Waals surface area contributed by atoms with Crippen LogP contribution >= 0.6 is 12.2 Å². The minimum Gasteiger partial charge on any atom is -0.375 e. The summed E-state index contributed by atoms with van der Waals surface area (Å²) in [6, 6.07) is 10.7. The van der Waals surface area contributed by atoms with Crippen LogP contribution in [0.2, 0.25) is 0 Å². The van der Waals surface area contributed by atoms with E-state index in [1.807, 2.05) is 18.2 Å². The number of rotatable bonds is 6. The van der Waals surface area contributed by atoms with Gasteiger partial charge in [-0.1, -0.05) is 12.1 Å². The van der Waals surface area contributed by atoms with Crippen molar-refractivity contribution in [3.05, 3.63) is 59.2 Å². The lowest BCUT2D eigenvalue weighted by Crippen LogP contribution is -2.34. The van der Waals surface area contributed by atoms with Gasteiger partial charge in [0, 0.05) is 43.5 Å². The van der Waals surface area contributed by atoms with Crippen LogP contribution in [0.15, 0.2) is 41.5 Å². The zero-order chi connectivity index (χ0) is 24.2. The monoisotopic (exact) mass is 486 g/mol. The van der Waals surface area contributed by atoms with Crippen LogP contribution in [0.3, 0.4) is 0 Å². The van der Waals surface area contributed by atoms with Gasteiger partial charge in [-0.2, -0.15) is 5.10 Å². The molecule has 0 bridgehead atoms. The number of nitrogens with one attached hydrogen (secondary N) is 1. The lowest BCUT2D eigenvalue weighted by Gasteiger charge is -2.35. The smallest absolute Gasteiger partial charge is 0.184 e. The number of hydrogen-bond donors (Lipinski definition) is 2. The molecule has 2 aromatic carbocycles. The van der Waals surface area contributed by atoms with E-state index in [0.29, 0.717) is 23.2 Å². The fraction of sp³-hybridized carbons (Fsp3) is 0.440. The van der Waals surface area contributed by atoms with Gasteiger partial charge in [-0.05, 0) is 81.3 Å². The first-order chi connectivity index (χ1) is 16.3. The largest absolute Gasteiger partial charge is 0.375 e. The minimum atomic E-state index is -0.274. The van der Waals surface area contributed by atoms with Gasteiger partial charge < -0.3 is 20.4 Å². The standard InChI is InChI=1S/C25H32F2N6S/c1-31(2)21-9-12-33(16-21)23-14-24(22(27)13-19(23)15-29-30-25(28)34)32-10-7-18(8-11-32)17-3-5-20(26)6-4-17/h3-6,13-15,18,21H,7-12,16H2,1-2H3,(H3,28,30,34)/t21-/m1/s1. The number of thiocarbonyl (C=S) groups is 1. The van der Waals surface area contributed by atoms with Crippen LogP contribution in [0.5, 0.6) is 0 Å². The molecule has 34 heavy (non-hydrogen) atoms. The highest BCUT2D eigenvalue weighted by Gasteiger charge is 2.28. The van der Waals surface area contributed by atoms with Gasteiger partial charge in [-0.3, -0.25) is 5.43 Å². The SMILES string of the molecule is CN(C)[C@@H]1CCN(c2cc(N3CCC(c4ccc(F)cc4)CC3)c(F)cc2C=NNC(N)=S)C1. The number of piperidine rings is 1. The topological polar surface area (TPSA) is 60.1 Å². The number of likely N-dealkylation sites (N-methyl/N-ethyl adjacent to an activating group) is 1. The molecule has 2 aliphatic rings. The van der Waals surface area contributed by atoms with Gasteiger partial charge in [0.1, 0.15) is 11.6 Å². The van der Waals surface area contributed by atoms with E-state index in [2.05, 4.69) is 39.3 Å². The van der Waals surface area contributed by atoms with E-state index in [-0.39, 0.29) is 16.7 Å². The first kappa shape index (κ1) is 24.3. The second-order valence-electron chi connectivity index (χ2n) is 9.26. The van der Waals surface area contributed by atoms with Crippen molar-refractivity contribution in [2.24, 2.45) is 10.8 Å². The molecule has 0 spiro atoms. The van der Waals surface area contributed by atoms with Gasteiger partial charge in [0.05, 0.1) is 11.9 Å². The highest BCUT2D eigenvalue weighted by molar-refractivity contribution is 7.80. The summed E-state index contributed by atoms with van der Waals surface area (Å²) in [6.45, 7) is 3.25. The van der Waals surface area contributed by atoms with Crippen molar-refractivity contribution in [2.45, 2.75) is 31.2 Å². The quantitative estimate of drug-likeness (QED) is 0.369. The Labute approximate surface area is 205 Å². The Morgan fingerprint density at radius 3 is 2.35 bits per heavy atom. The number of hydrazone groups is 1. The van der Waals surface area contributed by atoms with Crippen LogP contribution in [0, 0.1) is 11.6 Å². The summed E-state index contributed by atoms with van der Waals surface area (Å²) in [5, 5.41) is 4.14. The lowest BCUT2D eigenvalue weighted by atomic mass is 9.89. The van der Waals surface area contributed by atoms with Crippen molar-refractivity contribution in [2.75, 3.05) is 50.1 Å². The van der Waals surface area contributed by atoms with Gasteiger partial charge in [0.2, 0.25) is 0 Å². The highest BCUT2D eigenvalue weighted by atomic mass is 32.1. The van der Waals surface area contributed by atoms with Gasteiger partial charge in [-0.15, -0.1) is 0 Å². The van der Waals surface area contributed by atoms with Crippen molar-refractivity contribution < 1.29 is 8.78 Å². The number of nitrogens with zero attached hydrogens (tertiary/aromatic N) is 4. The molecule has 0 aromatic heterocycles. The van der Waals surface area contributed by atoms with Crippen LogP contribution in [0.1, 0.15) is 36.3 Å². The molecule has 4 rings (SSSR count). The van der Waals surface area contributed by atoms with Gasteiger partial charge >= 0.3 is 0 Å². The van der Waals surface area contributed by atoms with Crippen molar-refractivity contribution in [1.82, 2.24) is 10.3 Å². The van der Waals surface area contributed by atoms with Gasteiger partial charge in [0.25, 0.3) is 0 Å². The molecular formula is C25H32F2N6S. The number of halogens is 2. The summed E-state index contributed by atoms with van der Waals surface area (Å²) in [6.07, 6.45) is 4.41. The number of nitrogens with two attached hydrogens (primary N) is 1. The fourth-order valence-electron chi connectivity index (χ4n) is 4.92. The van der Waals surface area contributed by atoms with E-state index < -0.39 is 0 Å². The predicted octanol–water partition coefficient (Wildman–Crippen LogP) is 3.66. The second-order valence-corrected chi connectivity index (χ2v) is 9.70. The lowest BCUT2D eigenvalue weighted by molar-refractivity contribution is 0.315. The Bertz CT molecular complexity index is 1030. The molecule has 182 valence electrons. The summed E-state index contributed by atoms with van der Waals surface area (Å²) in [5.41, 5.74) is 11.4. The van der Waals surface area contributed by atoms with Crippen molar-refractivity contribution in [3.8, 4) is 0 Å². The first-order valence-electron chi connectivity index (χ1n) is 11.7. The van der Waals surface area contributed by atoms with Crippen LogP contribution < -0.4 is 21.0 Å². The van der Waals surface area contributed by atoms with E-state index in [0.717, 1.165) is 56.7 Å². The highest BCUT2D eigenvalue weighted by Crippen LogP contribution is 2.36. The Morgan fingerprint density at radius 1 is 1.06 bits per heavy atom. The molecule has 2 heterocycles. The summed E-state index contributed by atoms with van der Waals surface area (Å²) >= 11 is 4.82. The number of hydrogen-bond acceptors (Lipinski definition) is 5. The Hall–Kier alpha value is -2.78. The van der Waals surface area contributed by atoms with E-state index >= 15 is 4.39 Å². The van der Waals surface area contributed by atoms with E-state index in [1.165, 1.54) is 12.1 Å². The zero-order valence-corrected chi connectivity index (χ0v) is 20.5. The Kier molecular flexibility index (Phi) is 7.63. The van der Waals surface area contributed by atoms with Crippen molar-refractivity contribution in [1.29, 1.82) is 0 Å². The average Bonchev–Trinajstić information content (AvgIpc) is 3.30. The van der Waals surface area contributed by atoms with Crippen LogP contribution in [0.25, 0.3) is 0 Å². The summed E-state index contributed by atoms with van der Waals surface area (Å²) in [4.78, 5) is 6.64. The van der Waals surface area contributed by atoms with Crippen LogP contribution in [-0.2, 0) is 0 Å². The van der Waals surface area contributed by atoms with Crippen molar-refractivity contribution in [3.63, 3.8) is 0 Å². The Balaban J connectivity index is 1.56. The second kappa shape index (κ2) is 10.7. The molecule has 2 fully saturated rings. The molecule has 0 radical (unpaired) electrons. The third kappa shape index (κ3) is 5.64. The normalized spacial score (nSPS) is 19.4. The molecular weight excluding hydrogens is 454 g/mol. The van der Waals surface area contributed by atoms with E-state index in [9.17, 15) is 4.39 Å². The third-order valence-electron chi connectivity index (χ3n) is 6.89. The zero-order valence-electron chi connectivity index (χ0n) is 19.7. The molecule has 0 aliphatic carbocycles. The molecule has 9 heteroatoms. The molecule has 3 N–H and O–H groups in total. The van der Waals surface area contributed by atoms with Crippen molar-refractivity contribution >= 4 is 34.9 Å². The molecule has 6 nitrogen and oxygen atoms in total. The number of anilines is 2. The molecule has 2 aromatic rings. The van der Waals surface area contributed by atoms with Gasteiger partial charge in [-0.25, -0.2) is 8.78 Å². The average molecular weight is 487 g/mol. The molecule has 0 saturated carbocycles. The summed E-state index contributed by atoms with van der Waals surface area (Å²) < 4.78 is 28.6. The first-order valence-corrected chi connectivity index (χ1v) is 12.1. The summed E-state index contributed by atoms with van der Waals surface area (Å²) in [5.74, 6) is -0.137. The van der Waals surface area contributed by atoms with Gasteiger partial charge in [0.15, 0.2) is 5.11 Å².